The van der Waals surface area contributed by atoms with Crippen LogP contribution < -0.4 is 16.4 Å². The molecule has 1 aromatic carbocycles. The van der Waals surface area contributed by atoms with Crippen molar-refractivity contribution < 1.29 is 0 Å². The van der Waals surface area contributed by atoms with E-state index in [2.05, 4.69) is 40.5 Å². The highest BCUT2D eigenvalue weighted by atomic mass is 15.1. The second-order valence-electron chi connectivity index (χ2n) is 5.98. The zero-order valence-electron chi connectivity index (χ0n) is 13.2. The van der Waals surface area contributed by atoms with Crippen LogP contribution in [0, 0.1) is 13.8 Å². The molecule has 2 aromatic rings. The molecule has 1 fully saturated rings. The summed E-state index contributed by atoms with van der Waals surface area (Å²) in [4.78, 5) is 8.59. The molecule has 1 saturated carbocycles. The molecule has 116 valence electrons. The molecule has 0 spiro atoms. The Kier molecular flexibility index (Phi) is 4.13. The Labute approximate surface area is 131 Å². The molecule has 22 heavy (non-hydrogen) atoms. The maximum Gasteiger partial charge on any atom is 0.159 e. The zero-order chi connectivity index (χ0) is 15.5. The number of hydrogen-bond acceptors (Lipinski definition) is 5. The molecule has 0 amide bonds. The Balaban J connectivity index is 1.83. The average molecular weight is 297 g/mol. The van der Waals surface area contributed by atoms with Gasteiger partial charge >= 0.3 is 0 Å². The molecule has 1 aliphatic carbocycles. The van der Waals surface area contributed by atoms with E-state index in [1.165, 1.54) is 36.8 Å². The normalized spacial score (nSPS) is 15.0. The van der Waals surface area contributed by atoms with Crippen LogP contribution in [0.3, 0.4) is 0 Å². The van der Waals surface area contributed by atoms with Crippen molar-refractivity contribution in [1.82, 2.24) is 9.97 Å². The van der Waals surface area contributed by atoms with Gasteiger partial charge in [-0.2, -0.15) is 0 Å². The van der Waals surface area contributed by atoms with Crippen molar-refractivity contribution in [2.75, 3.05) is 16.4 Å². The van der Waals surface area contributed by atoms with Gasteiger partial charge in [-0.3, -0.25) is 0 Å². The van der Waals surface area contributed by atoms with Crippen molar-refractivity contribution in [3.63, 3.8) is 0 Å². The second-order valence-corrected chi connectivity index (χ2v) is 5.98. The molecule has 0 saturated heterocycles. The lowest BCUT2D eigenvalue weighted by molar-refractivity contribution is 0.750. The fraction of sp³-hybridized carbons (Fsp3) is 0.412. The van der Waals surface area contributed by atoms with E-state index in [0.29, 0.717) is 17.5 Å². The zero-order valence-corrected chi connectivity index (χ0v) is 13.2. The summed E-state index contributed by atoms with van der Waals surface area (Å²) in [7, 11) is 0. The molecule has 0 radical (unpaired) electrons. The fourth-order valence-corrected chi connectivity index (χ4v) is 2.89. The summed E-state index contributed by atoms with van der Waals surface area (Å²) in [6, 6.07) is 6.63. The van der Waals surface area contributed by atoms with Gasteiger partial charge in [-0.15, -0.1) is 0 Å². The van der Waals surface area contributed by atoms with Crippen LogP contribution in [0.1, 0.15) is 36.8 Å². The average Bonchev–Trinajstić information content (AvgIpc) is 3.01. The van der Waals surface area contributed by atoms with E-state index < -0.39 is 0 Å². The van der Waals surface area contributed by atoms with Gasteiger partial charge in [-0.25, -0.2) is 9.97 Å². The smallest absolute Gasteiger partial charge is 0.159 e. The van der Waals surface area contributed by atoms with E-state index in [4.69, 9.17) is 5.73 Å². The van der Waals surface area contributed by atoms with Gasteiger partial charge in [-0.1, -0.05) is 25.0 Å². The number of anilines is 4. The number of nitrogen functional groups attached to an aromatic ring is 1. The first-order valence-corrected chi connectivity index (χ1v) is 7.85. The van der Waals surface area contributed by atoms with E-state index in [1.54, 1.807) is 6.33 Å². The molecule has 1 aliphatic rings. The van der Waals surface area contributed by atoms with Crippen molar-refractivity contribution in [3.05, 3.63) is 35.7 Å². The number of nitrogens with zero attached hydrogens (tertiary/aromatic N) is 2. The lowest BCUT2D eigenvalue weighted by Gasteiger charge is -2.17. The molecule has 1 aromatic heterocycles. The molecular formula is C17H23N5. The predicted octanol–water partition coefficient (Wildman–Crippen LogP) is 3.77. The van der Waals surface area contributed by atoms with Crippen molar-refractivity contribution in [1.29, 1.82) is 0 Å². The quantitative estimate of drug-likeness (QED) is 0.801. The summed E-state index contributed by atoms with van der Waals surface area (Å²) in [5.74, 6) is 1.39. The summed E-state index contributed by atoms with van der Waals surface area (Å²) < 4.78 is 0. The van der Waals surface area contributed by atoms with E-state index in [9.17, 15) is 0 Å². The van der Waals surface area contributed by atoms with Gasteiger partial charge < -0.3 is 16.4 Å². The van der Waals surface area contributed by atoms with Crippen molar-refractivity contribution in [2.24, 2.45) is 0 Å². The van der Waals surface area contributed by atoms with Gasteiger partial charge in [-0.05, 0) is 43.9 Å². The highest BCUT2D eigenvalue weighted by Crippen LogP contribution is 2.30. The van der Waals surface area contributed by atoms with Crippen LogP contribution >= 0.6 is 0 Å². The Morgan fingerprint density at radius 2 is 1.82 bits per heavy atom. The molecule has 5 nitrogen and oxygen atoms in total. The number of aryl methyl sites for hydroxylation is 1. The van der Waals surface area contributed by atoms with Gasteiger partial charge in [0.2, 0.25) is 0 Å². The monoisotopic (exact) mass is 297 g/mol. The molecule has 3 rings (SSSR count). The van der Waals surface area contributed by atoms with E-state index in [1.807, 2.05) is 12.1 Å². The number of benzene rings is 1. The number of nitrogens with two attached hydrogens (primary N) is 1. The number of aromatic nitrogens is 2. The third-order valence-electron chi connectivity index (χ3n) is 4.44. The van der Waals surface area contributed by atoms with Gasteiger partial charge in [0.25, 0.3) is 0 Å². The van der Waals surface area contributed by atoms with Crippen LogP contribution in [0.25, 0.3) is 0 Å². The third kappa shape index (κ3) is 2.98. The molecule has 0 aliphatic heterocycles. The van der Waals surface area contributed by atoms with Crippen LogP contribution in [0.2, 0.25) is 0 Å². The van der Waals surface area contributed by atoms with Crippen molar-refractivity contribution in [2.45, 2.75) is 45.6 Å². The molecule has 0 atom stereocenters. The third-order valence-corrected chi connectivity index (χ3v) is 4.44. The Bertz CT molecular complexity index is 662. The first kappa shape index (κ1) is 14.6. The summed E-state index contributed by atoms with van der Waals surface area (Å²) in [5.41, 5.74) is 10.3. The van der Waals surface area contributed by atoms with Gasteiger partial charge in [0, 0.05) is 11.7 Å². The van der Waals surface area contributed by atoms with Crippen molar-refractivity contribution in [3.8, 4) is 0 Å². The van der Waals surface area contributed by atoms with Gasteiger partial charge in [0.05, 0.1) is 0 Å². The number of hydrogen-bond donors (Lipinski definition) is 3. The van der Waals surface area contributed by atoms with Crippen LogP contribution in [0.5, 0.6) is 0 Å². The van der Waals surface area contributed by atoms with Gasteiger partial charge in [0.1, 0.15) is 12.0 Å². The Morgan fingerprint density at radius 1 is 1.09 bits per heavy atom. The lowest BCUT2D eigenvalue weighted by atomic mass is 10.1. The molecule has 0 unspecified atom stereocenters. The highest BCUT2D eigenvalue weighted by Gasteiger charge is 2.17. The topological polar surface area (TPSA) is 75.9 Å². The van der Waals surface area contributed by atoms with Crippen LogP contribution in [0.15, 0.2) is 24.5 Å². The summed E-state index contributed by atoms with van der Waals surface area (Å²) in [6.07, 6.45) is 6.47. The standard InChI is InChI=1S/C17H23N5/c1-11-6-5-9-14(12(11)2)22-17-15(18)16(19-10-20-17)21-13-7-3-4-8-13/h5-6,9-10,13H,3-4,7-8,18H2,1-2H3,(H2,19,20,21,22). The molecule has 0 bridgehead atoms. The molecule has 1 heterocycles. The van der Waals surface area contributed by atoms with E-state index >= 15 is 0 Å². The minimum Gasteiger partial charge on any atom is -0.393 e. The largest absolute Gasteiger partial charge is 0.393 e. The first-order chi connectivity index (χ1) is 10.6. The lowest BCUT2D eigenvalue weighted by Crippen LogP contribution is -2.17. The number of nitrogens with one attached hydrogen (secondary N) is 2. The Hall–Kier alpha value is -2.30. The highest BCUT2D eigenvalue weighted by molar-refractivity contribution is 5.78. The first-order valence-electron chi connectivity index (χ1n) is 7.85. The van der Waals surface area contributed by atoms with Crippen LogP contribution in [-0.4, -0.2) is 16.0 Å². The molecule has 5 heteroatoms. The van der Waals surface area contributed by atoms with E-state index in [0.717, 1.165) is 11.5 Å². The van der Waals surface area contributed by atoms with Crippen LogP contribution in [-0.2, 0) is 0 Å². The maximum atomic E-state index is 6.25. The van der Waals surface area contributed by atoms with E-state index in [-0.39, 0.29) is 0 Å². The Morgan fingerprint density at radius 3 is 2.59 bits per heavy atom. The molecule has 4 N–H and O–H groups in total. The maximum absolute atomic E-state index is 6.25. The summed E-state index contributed by atoms with van der Waals surface area (Å²) in [6.45, 7) is 4.18. The molecular weight excluding hydrogens is 274 g/mol. The van der Waals surface area contributed by atoms with Crippen molar-refractivity contribution >= 4 is 23.0 Å². The number of rotatable bonds is 4. The second kappa shape index (κ2) is 6.22. The minimum atomic E-state index is 0.478. The predicted molar refractivity (Wildman–Crippen MR) is 91.5 cm³/mol. The summed E-state index contributed by atoms with van der Waals surface area (Å²) in [5, 5.41) is 6.78. The van der Waals surface area contributed by atoms with Gasteiger partial charge in [0.15, 0.2) is 11.6 Å². The SMILES string of the molecule is Cc1cccc(Nc2ncnc(NC3CCCC3)c2N)c1C. The fourth-order valence-electron chi connectivity index (χ4n) is 2.89. The van der Waals surface area contributed by atoms with Crippen LogP contribution in [0.4, 0.5) is 23.0 Å². The summed E-state index contributed by atoms with van der Waals surface area (Å²) >= 11 is 0. The minimum absolute atomic E-state index is 0.478.